The molecule has 1 aromatic rings. The molecule has 23 heavy (non-hydrogen) atoms. The third-order valence-corrected chi connectivity index (χ3v) is 4.02. The van der Waals surface area contributed by atoms with Crippen molar-refractivity contribution in [1.29, 1.82) is 0 Å². The lowest BCUT2D eigenvalue weighted by Crippen LogP contribution is -2.51. The van der Waals surface area contributed by atoms with E-state index in [0.717, 1.165) is 38.3 Å². The predicted molar refractivity (Wildman–Crippen MR) is 87.3 cm³/mol. The fourth-order valence-corrected chi connectivity index (χ4v) is 2.69. The van der Waals surface area contributed by atoms with Crippen molar-refractivity contribution >= 4 is 24.3 Å². The van der Waals surface area contributed by atoms with Crippen molar-refractivity contribution in [2.75, 3.05) is 26.2 Å². The van der Waals surface area contributed by atoms with Crippen LogP contribution in [0.1, 0.15) is 24.7 Å². The number of rotatable bonds is 4. The van der Waals surface area contributed by atoms with Crippen LogP contribution in [0.4, 0.5) is 4.79 Å². The monoisotopic (exact) mass is 342 g/mol. The van der Waals surface area contributed by atoms with E-state index in [2.05, 4.69) is 25.8 Å². The summed E-state index contributed by atoms with van der Waals surface area (Å²) in [5.41, 5.74) is 0. The molecule has 0 spiro atoms. The Bertz CT molecular complexity index is 559. The van der Waals surface area contributed by atoms with Gasteiger partial charge in [-0.2, -0.15) is 0 Å². The van der Waals surface area contributed by atoms with Gasteiger partial charge in [-0.05, 0) is 12.8 Å². The molecule has 2 fully saturated rings. The predicted octanol–water partition coefficient (Wildman–Crippen LogP) is -0.224. The molecule has 3 N–H and O–H groups in total. The Morgan fingerprint density at radius 3 is 2.87 bits per heavy atom. The lowest BCUT2D eigenvalue weighted by molar-refractivity contribution is -0.122. The highest BCUT2D eigenvalue weighted by Crippen LogP contribution is 2.20. The molecule has 1 saturated carbocycles. The summed E-state index contributed by atoms with van der Waals surface area (Å²) in [4.78, 5) is 30.1. The zero-order valence-corrected chi connectivity index (χ0v) is 13.9. The van der Waals surface area contributed by atoms with Crippen molar-refractivity contribution in [3.05, 3.63) is 18.2 Å². The first-order valence-electron chi connectivity index (χ1n) is 7.66. The van der Waals surface area contributed by atoms with E-state index in [1.165, 1.54) is 0 Å². The average molecular weight is 343 g/mol. The smallest absolute Gasteiger partial charge is 0.321 e. The van der Waals surface area contributed by atoms with E-state index in [9.17, 15) is 9.59 Å². The van der Waals surface area contributed by atoms with Crippen molar-refractivity contribution in [2.24, 2.45) is 7.05 Å². The van der Waals surface area contributed by atoms with Gasteiger partial charge in [-0.15, -0.1) is 12.4 Å². The molecule has 0 aromatic carbocycles. The van der Waals surface area contributed by atoms with Crippen LogP contribution in [-0.4, -0.2) is 58.6 Å². The van der Waals surface area contributed by atoms with Crippen molar-refractivity contribution in [2.45, 2.75) is 24.9 Å². The second-order valence-corrected chi connectivity index (χ2v) is 5.88. The zero-order valence-electron chi connectivity index (χ0n) is 13.1. The molecule has 1 saturated heterocycles. The van der Waals surface area contributed by atoms with Crippen LogP contribution in [0.15, 0.2) is 12.4 Å². The maximum Gasteiger partial charge on any atom is 0.321 e. The van der Waals surface area contributed by atoms with Gasteiger partial charge in [0, 0.05) is 45.1 Å². The molecule has 3 rings (SSSR count). The summed E-state index contributed by atoms with van der Waals surface area (Å²) in [5, 5.41) is 8.48. The number of carbonyl (C=O) groups excluding carboxylic acids is 2. The van der Waals surface area contributed by atoms with E-state index in [1.807, 2.05) is 17.8 Å². The molecule has 8 nitrogen and oxygen atoms in total. The van der Waals surface area contributed by atoms with Crippen LogP contribution in [0, 0.1) is 0 Å². The maximum absolute atomic E-state index is 12.1. The minimum atomic E-state index is -0.392. The number of amides is 3. The van der Waals surface area contributed by atoms with Crippen molar-refractivity contribution < 1.29 is 9.59 Å². The normalized spacial score (nSPS) is 21.3. The molecule has 0 bridgehead atoms. The molecule has 1 aliphatic heterocycles. The number of urea groups is 1. The Balaban J connectivity index is 0.00000192. The van der Waals surface area contributed by atoms with E-state index < -0.39 is 6.03 Å². The van der Waals surface area contributed by atoms with Gasteiger partial charge >= 0.3 is 6.03 Å². The number of aromatic nitrogens is 2. The molecule has 1 aliphatic carbocycles. The SMILES string of the molecule is Cl.Cn1ccnc1C1CNCCN1CC(=O)NC(=O)NC1CC1. The second kappa shape index (κ2) is 7.76. The number of hydrogen-bond acceptors (Lipinski definition) is 5. The van der Waals surface area contributed by atoms with Gasteiger partial charge in [0.25, 0.3) is 0 Å². The summed E-state index contributed by atoms with van der Waals surface area (Å²) in [7, 11) is 1.94. The number of imide groups is 1. The van der Waals surface area contributed by atoms with E-state index in [1.54, 1.807) is 6.20 Å². The van der Waals surface area contributed by atoms with Gasteiger partial charge in [0.1, 0.15) is 5.82 Å². The van der Waals surface area contributed by atoms with Gasteiger partial charge in [0.15, 0.2) is 0 Å². The second-order valence-electron chi connectivity index (χ2n) is 5.88. The van der Waals surface area contributed by atoms with Crippen LogP contribution >= 0.6 is 12.4 Å². The van der Waals surface area contributed by atoms with Gasteiger partial charge in [-0.25, -0.2) is 9.78 Å². The molecule has 1 aromatic heterocycles. The summed E-state index contributed by atoms with van der Waals surface area (Å²) in [5.74, 6) is 0.640. The van der Waals surface area contributed by atoms with Crippen molar-refractivity contribution in [3.63, 3.8) is 0 Å². The standard InChI is InChI=1S/C14H22N6O2.ClH/c1-19-6-5-16-13(19)11-8-15-4-7-20(11)9-12(21)18-14(22)17-10-2-3-10;/h5-6,10-11,15H,2-4,7-9H2,1H3,(H2,17,18,21,22);1H. The Morgan fingerprint density at radius 2 is 2.22 bits per heavy atom. The minimum Gasteiger partial charge on any atom is -0.337 e. The first-order chi connectivity index (χ1) is 10.6. The molecule has 128 valence electrons. The average Bonchev–Trinajstić information content (AvgIpc) is 3.18. The highest BCUT2D eigenvalue weighted by Gasteiger charge is 2.29. The molecular formula is C14H23ClN6O2. The molecule has 2 heterocycles. The summed E-state index contributed by atoms with van der Waals surface area (Å²) >= 11 is 0. The zero-order chi connectivity index (χ0) is 15.5. The summed E-state index contributed by atoms with van der Waals surface area (Å²) < 4.78 is 1.96. The number of imidazole rings is 1. The molecule has 2 aliphatic rings. The quantitative estimate of drug-likeness (QED) is 0.703. The summed E-state index contributed by atoms with van der Waals surface area (Å²) in [6, 6.07) is -0.116. The Hall–Kier alpha value is -1.64. The van der Waals surface area contributed by atoms with Gasteiger partial charge < -0.3 is 15.2 Å². The molecule has 1 unspecified atom stereocenters. The maximum atomic E-state index is 12.1. The van der Waals surface area contributed by atoms with E-state index in [-0.39, 0.29) is 36.9 Å². The van der Waals surface area contributed by atoms with Crippen molar-refractivity contribution in [1.82, 2.24) is 30.4 Å². The highest BCUT2D eigenvalue weighted by atomic mass is 35.5. The first-order valence-corrected chi connectivity index (χ1v) is 7.66. The number of nitrogens with zero attached hydrogens (tertiary/aromatic N) is 3. The number of nitrogens with one attached hydrogen (secondary N) is 3. The lowest BCUT2D eigenvalue weighted by Gasteiger charge is -2.35. The van der Waals surface area contributed by atoms with Crippen LogP contribution < -0.4 is 16.0 Å². The van der Waals surface area contributed by atoms with E-state index in [0.29, 0.717) is 0 Å². The van der Waals surface area contributed by atoms with Crippen LogP contribution in [0.2, 0.25) is 0 Å². The fourth-order valence-electron chi connectivity index (χ4n) is 2.69. The van der Waals surface area contributed by atoms with Gasteiger partial charge in [-0.3, -0.25) is 15.0 Å². The van der Waals surface area contributed by atoms with Crippen LogP contribution in [0.3, 0.4) is 0 Å². The topological polar surface area (TPSA) is 91.3 Å². The van der Waals surface area contributed by atoms with Gasteiger partial charge in [-0.1, -0.05) is 0 Å². The lowest BCUT2D eigenvalue weighted by atomic mass is 10.1. The fraction of sp³-hybridized carbons (Fsp3) is 0.643. The molecular weight excluding hydrogens is 320 g/mol. The number of piperazine rings is 1. The van der Waals surface area contributed by atoms with Gasteiger partial charge in [0.05, 0.1) is 12.6 Å². The number of aryl methyl sites for hydroxylation is 1. The highest BCUT2D eigenvalue weighted by molar-refractivity contribution is 5.95. The molecule has 3 amide bonds. The first kappa shape index (κ1) is 17.7. The number of carbonyl (C=O) groups is 2. The van der Waals surface area contributed by atoms with Crippen LogP contribution in [0.5, 0.6) is 0 Å². The Kier molecular flexibility index (Phi) is 5.97. The minimum absolute atomic E-state index is 0. The Labute approximate surface area is 141 Å². The molecule has 1 atom stereocenters. The number of hydrogen-bond donors (Lipinski definition) is 3. The summed E-state index contributed by atoms with van der Waals surface area (Å²) in [6.45, 7) is 2.50. The van der Waals surface area contributed by atoms with Crippen molar-refractivity contribution in [3.8, 4) is 0 Å². The van der Waals surface area contributed by atoms with Gasteiger partial charge in [0.2, 0.25) is 5.91 Å². The third-order valence-electron chi connectivity index (χ3n) is 4.02. The molecule has 9 heteroatoms. The van der Waals surface area contributed by atoms with Crippen LogP contribution in [0.25, 0.3) is 0 Å². The van der Waals surface area contributed by atoms with Crippen LogP contribution in [-0.2, 0) is 11.8 Å². The van der Waals surface area contributed by atoms with E-state index in [4.69, 9.17) is 0 Å². The number of halogens is 1. The summed E-state index contributed by atoms with van der Waals surface area (Å²) in [6.07, 6.45) is 5.65. The molecule has 0 radical (unpaired) electrons. The third kappa shape index (κ3) is 4.66. The Morgan fingerprint density at radius 1 is 1.43 bits per heavy atom. The van der Waals surface area contributed by atoms with E-state index >= 15 is 0 Å². The largest absolute Gasteiger partial charge is 0.337 e.